The number of rotatable bonds is 6. The fourth-order valence-corrected chi connectivity index (χ4v) is 2.65. The minimum atomic E-state index is 0.433. The predicted octanol–water partition coefficient (Wildman–Crippen LogP) is 3.20. The zero-order chi connectivity index (χ0) is 10.4. The maximum atomic E-state index is 4.99. The molecule has 0 spiro atoms. The van der Waals surface area contributed by atoms with Crippen molar-refractivity contribution in [1.82, 2.24) is 5.32 Å². The van der Waals surface area contributed by atoms with Crippen LogP contribution in [0.15, 0.2) is 15.9 Å². The first kappa shape index (κ1) is 12.2. The Morgan fingerprint density at radius 3 is 2.93 bits per heavy atom. The molecule has 80 valence electrons. The van der Waals surface area contributed by atoms with Gasteiger partial charge in [0.25, 0.3) is 0 Å². The highest BCUT2D eigenvalue weighted by Gasteiger charge is 2.06. The summed E-state index contributed by atoms with van der Waals surface area (Å²) in [4.78, 5) is 1.37. The van der Waals surface area contributed by atoms with E-state index in [9.17, 15) is 0 Å². The van der Waals surface area contributed by atoms with Crippen LogP contribution in [0, 0.1) is 0 Å². The lowest BCUT2D eigenvalue weighted by molar-refractivity contribution is 0.193. The monoisotopic (exact) mass is 277 g/mol. The largest absolute Gasteiger partial charge is 0.385 e. The Kier molecular flexibility index (Phi) is 5.70. The van der Waals surface area contributed by atoms with Crippen LogP contribution in [-0.2, 0) is 4.74 Å². The number of nitrogens with one attached hydrogen (secondary N) is 1. The molecular weight excluding hydrogens is 262 g/mol. The Bertz CT molecular complexity index is 264. The summed E-state index contributed by atoms with van der Waals surface area (Å²) in [6, 6.07) is 4.68. The van der Waals surface area contributed by atoms with E-state index < -0.39 is 0 Å². The van der Waals surface area contributed by atoms with Crippen LogP contribution in [0.1, 0.15) is 24.3 Å². The zero-order valence-corrected chi connectivity index (χ0v) is 11.0. The Hall–Kier alpha value is 0.1000. The van der Waals surface area contributed by atoms with Crippen molar-refractivity contribution < 1.29 is 4.74 Å². The summed E-state index contributed by atoms with van der Waals surface area (Å²) >= 11 is 5.25. The van der Waals surface area contributed by atoms with Crippen LogP contribution in [-0.4, -0.2) is 20.3 Å². The summed E-state index contributed by atoms with van der Waals surface area (Å²) in [7, 11) is 1.74. The zero-order valence-electron chi connectivity index (χ0n) is 8.55. The second kappa shape index (κ2) is 6.56. The molecule has 0 unspecified atom stereocenters. The third-order valence-electron chi connectivity index (χ3n) is 2.00. The van der Waals surface area contributed by atoms with Gasteiger partial charge in [0.15, 0.2) is 0 Å². The number of methoxy groups -OCH3 is 1. The third-order valence-corrected chi connectivity index (χ3v) is 3.80. The molecule has 0 saturated carbocycles. The molecular formula is C10H16BrNOS. The maximum absolute atomic E-state index is 4.99. The summed E-state index contributed by atoms with van der Waals surface area (Å²) in [5, 5.41) is 3.46. The van der Waals surface area contributed by atoms with E-state index in [4.69, 9.17) is 4.74 Å². The van der Waals surface area contributed by atoms with Crippen LogP contribution < -0.4 is 5.32 Å². The molecule has 0 aliphatic rings. The lowest BCUT2D eigenvalue weighted by atomic mass is 10.2. The van der Waals surface area contributed by atoms with Crippen LogP contribution in [0.3, 0.4) is 0 Å². The SMILES string of the molecule is COCCCN[C@H](C)c1ccc(Br)s1. The van der Waals surface area contributed by atoms with Gasteiger partial charge in [-0.15, -0.1) is 11.3 Å². The van der Waals surface area contributed by atoms with E-state index in [-0.39, 0.29) is 0 Å². The topological polar surface area (TPSA) is 21.3 Å². The second-order valence-electron chi connectivity index (χ2n) is 3.16. The summed E-state index contributed by atoms with van der Waals surface area (Å²) in [5.41, 5.74) is 0. The quantitative estimate of drug-likeness (QED) is 0.807. The molecule has 1 atom stereocenters. The average Bonchev–Trinajstić information content (AvgIpc) is 2.59. The minimum Gasteiger partial charge on any atom is -0.385 e. The molecule has 1 rings (SSSR count). The molecule has 4 heteroatoms. The second-order valence-corrected chi connectivity index (χ2v) is 5.66. The van der Waals surface area contributed by atoms with Gasteiger partial charge in [0.05, 0.1) is 3.79 Å². The summed E-state index contributed by atoms with van der Waals surface area (Å²) in [5.74, 6) is 0. The van der Waals surface area contributed by atoms with Crippen LogP contribution in [0.5, 0.6) is 0 Å². The number of hydrogen-bond donors (Lipinski definition) is 1. The van der Waals surface area contributed by atoms with Gasteiger partial charge in [0, 0.05) is 24.6 Å². The summed E-state index contributed by atoms with van der Waals surface area (Å²) in [6.07, 6.45) is 1.06. The van der Waals surface area contributed by atoms with Gasteiger partial charge in [-0.1, -0.05) is 0 Å². The number of thiophene rings is 1. The Morgan fingerprint density at radius 1 is 1.57 bits per heavy atom. The molecule has 0 radical (unpaired) electrons. The van der Waals surface area contributed by atoms with Crippen LogP contribution in [0.2, 0.25) is 0 Å². The fourth-order valence-electron chi connectivity index (χ4n) is 1.20. The van der Waals surface area contributed by atoms with Gasteiger partial charge < -0.3 is 10.1 Å². The first-order chi connectivity index (χ1) is 6.74. The Labute approximate surface area is 97.8 Å². The van der Waals surface area contributed by atoms with Crippen molar-refractivity contribution in [3.8, 4) is 0 Å². The standard InChI is InChI=1S/C10H16BrNOS/c1-8(12-6-3-7-13-2)9-4-5-10(11)14-9/h4-5,8,12H,3,6-7H2,1-2H3/t8-/m1/s1. The summed E-state index contributed by atoms with van der Waals surface area (Å²) < 4.78 is 6.18. The molecule has 0 aromatic carbocycles. The van der Waals surface area contributed by atoms with Crippen molar-refractivity contribution in [2.45, 2.75) is 19.4 Å². The number of halogens is 1. The molecule has 0 bridgehead atoms. The van der Waals surface area contributed by atoms with Crippen molar-refractivity contribution in [3.05, 3.63) is 20.8 Å². The molecule has 0 aliphatic heterocycles. The van der Waals surface area contributed by atoms with E-state index in [0.29, 0.717) is 6.04 Å². The molecule has 1 heterocycles. The van der Waals surface area contributed by atoms with Crippen LogP contribution in [0.25, 0.3) is 0 Å². The van der Waals surface area contributed by atoms with Crippen molar-refractivity contribution in [3.63, 3.8) is 0 Å². The van der Waals surface area contributed by atoms with Gasteiger partial charge in [-0.3, -0.25) is 0 Å². The van der Waals surface area contributed by atoms with E-state index in [2.05, 4.69) is 40.3 Å². The van der Waals surface area contributed by atoms with E-state index in [1.807, 2.05) is 0 Å². The van der Waals surface area contributed by atoms with Crippen molar-refractivity contribution >= 4 is 27.3 Å². The Balaban J connectivity index is 2.25. The first-order valence-electron chi connectivity index (χ1n) is 4.71. The van der Waals surface area contributed by atoms with Gasteiger partial charge in [-0.2, -0.15) is 0 Å². The minimum absolute atomic E-state index is 0.433. The van der Waals surface area contributed by atoms with E-state index in [1.165, 1.54) is 8.66 Å². The van der Waals surface area contributed by atoms with Gasteiger partial charge in [0.2, 0.25) is 0 Å². The molecule has 0 fully saturated rings. The van der Waals surface area contributed by atoms with E-state index in [0.717, 1.165) is 19.6 Å². The lowest BCUT2D eigenvalue weighted by Crippen LogP contribution is -2.19. The highest BCUT2D eigenvalue weighted by Crippen LogP contribution is 2.26. The molecule has 0 amide bonds. The highest BCUT2D eigenvalue weighted by molar-refractivity contribution is 9.11. The molecule has 1 N–H and O–H groups in total. The molecule has 0 aliphatic carbocycles. The molecule has 1 aromatic heterocycles. The molecule has 14 heavy (non-hydrogen) atoms. The number of hydrogen-bond acceptors (Lipinski definition) is 3. The van der Waals surface area contributed by atoms with Gasteiger partial charge >= 0.3 is 0 Å². The fraction of sp³-hybridized carbons (Fsp3) is 0.600. The molecule has 0 saturated heterocycles. The predicted molar refractivity (Wildman–Crippen MR) is 64.9 cm³/mol. The van der Waals surface area contributed by atoms with E-state index >= 15 is 0 Å². The number of ether oxygens (including phenoxy) is 1. The molecule has 2 nitrogen and oxygen atoms in total. The molecule has 1 aromatic rings. The highest BCUT2D eigenvalue weighted by atomic mass is 79.9. The van der Waals surface area contributed by atoms with Gasteiger partial charge in [-0.05, 0) is 48.0 Å². The van der Waals surface area contributed by atoms with E-state index in [1.54, 1.807) is 18.4 Å². The average molecular weight is 278 g/mol. The van der Waals surface area contributed by atoms with Crippen molar-refractivity contribution in [2.75, 3.05) is 20.3 Å². The van der Waals surface area contributed by atoms with Crippen LogP contribution >= 0.6 is 27.3 Å². The van der Waals surface area contributed by atoms with Crippen molar-refractivity contribution in [2.24, 2.45) is 0 Å². The van der Waals surface area contributed by atoms with Crippen molar-refractivity contribution in [1.29, 1.82) is 0 Å². The van der Waals surface area contributed by atoms with Gasteiger partial charge in [0.1, 0.15) is 0 Å². The maximum Gasteiger partial charge on any atom is 0.0701 e. The Morgan fingerprint density at radius 2 is 2.36 bits per heavy atom. The smallest absolute Gasteiger partial charge is 0.0701 e. The van der Waals surface area contributed by atoms with Gasteiger partial charge in [-0.25, -0.2) is 0 Å². The normalized spacial score (nSPS) is 13.1. The summed E-state index contributed by atoms with van der Waals surface area (Å²) in [6.45, 7) is 4.02. The third kappa shape index (κ3) is 4.09. The first-order valence-corrected chi connectivity index (χ1v) is 6.32. The van der Waals surface area contributed by atoms with Crippen LogP contribution in [0.4, 0.5) is 0 Å². The lowest BCUT2D eigenvalue weighted by Gasteiger charge is -2.11.